The van der Waals surface area contributed by atoms with Crippen LogP contribution in [0.25, 0.3) is 32.9 Å². The summed E-state index contributed by atoms with van der Waals surface area (Å²) in [5.41, 5.74) is 5.68. The molecule has 0 saturated heterocycles. The first-order chi connectivity index (χ1) is 19.9. The number of fused-ring (bicyclic) bond motifs is 2. The summed E-state index contributed by atoms with van der Waals surface area (Å²) in [5, 5.41) is 19.4. The number of nitrogens with one attached hydrogen (secondary N) is 1. The molecular weight excluding hydrogens is 519 g/mol. The van der Waals surface area contributed by atoms with Crippen LogP contribution in [0.3, 0.4) is 0 Å². The lowest BCUT2D eigenvalue weighted by molar-refractivity contribution is 0.0696. The molecule has 0 atom stereocenters. The number of hydrogen-bond acceptors (Lipinski definition) is 4. The Balaban J connectivity index is 1.38. The summed E-state index contributed by atoms with van der Waals surface area (Å²) < 4.78 is 19.4. The van der Waals surface area contributed by atoms with Gasteiger partial charge in [0, 0.05) is 13.0 Å². The van der Waals surface area contributed by atoms with Crippen molar-refractivity contribution in [2.75, 3.05) is 0 Å². The zero-order chi connectivity index (χ0) is 28.5. The third-order valence-electron chi connectivity index (χ3n) is 7.28. The van der Waals surface area contributed by atoms with Crippen molar-refractivity contribution in [3.63, 3.8) is 0 Å². The topological polar surface area (TPSA) is 92.4 Å². The van der Waals surface area contributed by atoms with Crippen molar-refractivity contribution in [3.8, 4) is 11.1 Å². The highest BCUT2D eigenvalue weighted by molar-refractivity contribution is 6.08. The number of benzene rings is 5. The largest absolute Gasteiger partial charge is 0.478 e. The van der Waals surface area contributed by atoms with Crippen LogP contribution in [0.15, 0.2) is 102 Å². The number of nitrogens with zero attached hydrogens (tertiary/aromatic N) is 1. The number of amides is 1. The zero-order valence-electron chi connectivity index (χ0n) is 22.1. The highest BCUT2D eigenvalue weighted by Crippen LogP contribution is 2.32. The third-order valence-corrected chi connectivity index (χ3v) is 7.28. The van der Waals surface area contributed by atoms with Crippen molar-refractivity contribution in [2.45, 2.75) is 19.9 Å². The average molecular weight is 545 g/mol. The van der Waals surface area contributed by atoms with Crippen molar-refractivity contribution in [2.24, 2.45) is 0 Å². The molecule has 1 aromatic heterocycles. The van der Waals surface area contributed by atoms with E-state index in [4.69, 9.17) is 4.52 Å². The molecule has 0 saturated carbocycles. The Labute approximate surface area is 235 Å². The second-order valence-electron chi connectivity index (χ2n) is 10.0. The van der Waals surface area contributed by atoms with E-state index in [0.29, 0.717) is 34.2 Å². The first-order valence-corrected chi connectivity index (χ1v) is 13.1. The number of carbonyl (C=O) groups excluding carboxylic acids is 1. The molecule has 41 heavy (non-hydrogen) atoms. The van der Waals surface area contributed by atoms with Crippen molar-refractivity contribution < 1.29 is 23.6 Å². The van der Waals surface area contributed by atoms with Gasteiger partial charge in [-0.1, -0.05) is 65.8 Å². The molecule has 0 aliphatic carbocycles. The smallest absolute Gasteiger partial charge is 0.335 e. The number of hydrogen-bond donors (Lipinski definition) is 2. The highest BCUT2D eigenvalue weighted by Gasteiger charge is 2.21. The fourth-order valence-electron chi connectivity index (χ4n) is 5.08. The molecule has 1 heterocycles. The third kappa shape index (κ3) is 5.30. The van der Waals surface area contributed by atoms with Crippen molar-refractivity contribution >= 4 is 33.6 Å². The Morgan fingerprint density at radius 1 is 0.878 bits per heavy atom. The summed E-state index contributed by atoms with van der Waals surface area (Å²) in [5.74, 6) is -1.69. The van der Waals surface area contributed by atoms with E-state index in [-0.39, 0.29) is 23.8 Å². The molecule has 0 aliphatic heterocycles. The van der Waals surface area contributed by atoms with Crippen molar-refractivity contribution in [3.05, 3.63) is 136 Å². The summed E-state index contributed by atoms with van der Waals surface area (Å²) >= 11 is 0. The lowest BCUT2D eigenvalue weighted by Gasteiger charge is -2.12. The maximum Gasteiger partial charge on any atom is 0.335 e. The Bertz CT molecular complexity index is 1940. The summed E-state index contributed by atoms with van der Waals surface area (Å²) in [4.78, 5) is 25.0. The molecule has 6 rings (SSSR count). The van der Waals surface area contributed by atoms with E-state index in [0.717, 1.165) is 33.0 Å². The number of carbonyl (C=O) groups is 2. The number of carboxylic acids is 1. The summed E-state index contributed by atoms with van der Waals surface area (Å²) in [6.07, 6.45) is 0.462. The zero-order valence-corrected chi connectivity index (χ0v) is 22.1. The van der Waals surface area contributed by atoms with Crippen LogP contribution >= 0.6 is 0 Å². The van der Waals surface area contributed by atoms with Crippen LogP contribution in [0, 0.1) is 12.7 Å². The van der Waals surface area contributed by atoms with E-state index in [1.165, 1.54) is 18.2 Å². The van der Waals surface area contributed by atoms with E-state index in [9.17, 15) is 19.1 Å². The Morgan fingerprint density at radius 2 is 1.66 bits per heavy atom. The molecule has 0 aliphatic rings. The molecule has 0 unspecified atom stereocenters. The van der Waals surface area contributed by atoms with Gasteiger partial charge in [0.05, 0.1) is 22.2 Å². The van der Waals surface area contributed by atoms with Gasteiger partial charge in [0.1, 0.15) is 5.82 Å². The standard InChI is InChI=1S/C34H25FN2O4/c1-20-14-25(34(39)40)8-9-26(20)19-36-33(38)29-17-27(23-10-12-28(35)13-11-23)18-31-32(29)30(37-41-31)16-21-6-7-22-4-2-3-5-24(22)15-21/h2-15,17-18H,16,19H2,1H3,(H,36,38)(H,39,40). The van der Waals surface area contributed by atoms with Gasteiger partial charge in [0.25, 0.3) is 5.91 Å². The van der Waals surface area contributed by atoms with Gasteiger partial charge in [-0.25, -0.2) is 9.18 Å². The maximum absolute atomic E-state index is 13.7. The van der Waals surface area contributed by atoms with Gasteiger partial charge in [0.15, 0.2) is 5.58 Å². The molecule has 6 aromatic rings. The van der Waals surface area contributed by atoms with E-state index in [1.54, 1.807) is 30.3 Å². The molecular formula is C34H25FN2O4. The lowest BCUT2D eigenvalue weighted by atomic mass is 9.96. The Morgan fingerprint density at radius 3 is 2.41 bits per heavy atom. The van der Waals surface area contributed by atoms with Crippen LogP contribution in [0.4, 0.5) is 4.39 Å². The highest BCUT2D eigenvalue weighted by atomic mass is 19.1. The first-order valence-electron chi connectivity index (χ1n) is 13.1. The minimum Gasteiger partial charge on any atom is -0.478 e. The van der Waals surface area contributed by atoms with Gasteiger partial charge in [-0.15, -0.1) is 0 Å². The summed E-state index contributed by atoms with van der Waals surface area (Å²) in [7, 11) is 0. The van der Waals surface area contributed by atoms with Crippen LogP contribution in [0.5, 0.6) is 0 Å². The van der Waals surface area contributed by atoms with Crippen LogP contribution in [-0.4, -0.2) is 22.1 Å². The molecule has 5 aromatic carbocycles. The number of aryl methyl sites for hydroxylation is 1. The van der Waals surface area contributed by atoms with E-state index >= 15 is 0 Å². The normalized spacial score (nSPS) is 11.2. The van der Waals surface area contributed by atoms with Crippen LogP contribution in [-0.2, 0) is 13.0 Å². The van der Waals surface area contributed by atoms with Crippen molar-refractivity contribution in [1.29, 1.82) is 0 Å². The summed E-state index contributed by atoms with van der Waals surface area (Å²) in [6.45, 7) is 2.01. The Kier molecular flexibility index (Phi) is 6.77. The molecule has 0 bridgehead atoms. The molecule has 0 spiro atoms. The number of aromatic carboxylic acids is 1. The van der Waals surface area contributed by atoms with Crippen LogP contribution in [0.2, 0.25) is 0 Å². The minimum atomic E-state index is -1.00. The molecule has 202 valence electrons. The van der Waals surface area contributed by atoms with Gasteiger partial charge in [-0.3, -0.25) is 4.79 Å². The number of halogens is 1. The first kappa shape index (κ1) is 26.0. The van der Waals surface area contributed by atoms with E-state index < -0.39 is 5.97 Å². The van der Waals surface area contributed by atoms with E-state index in [1.807, 2.05) is 31.2 Å². The fraction of sp³-hybridized carbons (Fsp3) is 0.0882. The SMILES string of the molecule is Cc1cc(C(=O)O)ccc1CNC(=O)c1cc(-c2ccc(F)cc2)cc2onc(Cc3ccc4ccccc4c3)c12. The predicted molar refractivity (Wildman–Crippen MR) is 155 cm³/mol. The number of aromatic nitrogens is 1. The Hall–Kier alpha value is -5.30. The fourth-order valence-corrected chi connectivity index (χ4v) is 5.08. The molecule has 2 N–H and O–H groups in total. The molecule has 0 radical (unpaired) electrons. The average Bonchev–Trinajstić information content (AvgIpc) is 3.38. The number of carboxylic acid groups (broad SMARTS) is 1. The van der Waals surface area contributed by atoms with Crippen LogP contribution in [0.1, 0.15) is 43.1 Å². The maximum atomic E-state index is 13.7. The monoisotopic (exact) mass is 544 g/mol. The lowest BCUT2D eigenvalue weighted by Crippen LogP contribution is -2.23. The van der Waals surface area contributed by atoms with Gasteiger partial charge in [0.2, 0.25) is 0 Å². The van der Waals surface area contributed by atoms with Crippen LogP contribution < -0.4 is 5.32 Å². The second kappa shape index (κ2) is 10.7. The van der Waals surface area contributed by atoms with Gasteiger partial charge in [-0.05, 0) is 81.9 Å². The molecule has 0 fully saturated rings. The van der Waals surface area contributed by atoms with Crippen molar-refractivity contribution in [1.82, 2.24) is 10.5 Å². The van der Waals surface area contributed by atoms with Gasteiger partial charge < -0.3 is 14.9 Å². The quantitative estimate of drug-likeness (QED) is 0.220. The molecule has 7 heteroatoms. The van der Waals surface area contributed by atoms with Gasteiger partial charge in [-0.2, -0.15) is 0 Å². The molecule has 6 nitrogen and oxygen atoms in total. The second-order valence-corrected chi connectivity index (χ2v) is 10.0. The van der Waals surface area contributed by atoms with Gasteiger partial charge >= 0.3 is 5.97 Å². The molecule has 1 amide bonds. The minimum absolute atomic E-state index is 0.189. The predicted octanol–water partition coefficient (Wildman–Crippen LogP) is 7.31. The van der Waals surface area contributed by atoms with E-state index in [2.05, 4.69) is 34.7 Å². The number of rotatable bonds is 7. The summed E-state index contributed by atoms with van der Waals surface area (Å²) in [6, 6.07) is 28.7.